The Balaban J connectivity index is 0.000000350. The average Bonchev–Trinajstić information content (AvgIpc) is 3.50. The van der Waals surface area contributed by atoms with Gasteiger partial charge in [-0.3, -0.25) is 4.79 Å². The standard InChI is InChI=1S/C32H47F5O3S.C14H19Cl2NO2/c1-30-17-15-26-25-12-11-24(38)21-23(25)20-22(29(26)27(30)13-14-28(30)39)10-7-5-3-2-4-6-8-18-41(40)19-9-16-31(33,34)32(35,36)37;15-8-10-17(11-9-16)13-6-4-12(5-7-13)2-1-3-14(18)19/h11-12,21-22,26-29,38-39H,2-10,13-20H2,1H3;4-7H,1-3,8-11H2,(H,18,19)/t22-,26-,27+,28+,29-,30+,41?;/m1./s1. The van der Waals surface area contributed by atoms with Crippen LogP contribution in [0.25, 0.3) is 0 Å². The molecule has 5 rings (SSSR count). The van der Waals surface area contributed by atoms with Gasteiger partial charge in [0.05, 0.1) is 6.10 Å². The van der Waals surface area contributed by atoms with Crippen LogP contribution in [0.5, 0.6) is 5.75 Å². The molecule has 7 atom stereocenters. The number of aliphatic hydroxyl groups excluding tert-OH is 1. The van der Waals surface area contributed by atoms with Crippen molar-refractivity contribution in [1.29, 1.82) is 0 Å². The van der Waals surface area contributed by atoms with Crippen LogP contribution in [0.3, 0.4) is 0 Å². The number of carboxylic acids is 1. The molecule has 340 valence electrons. The second kappa shape index (κ2) is 24.2. The Kier molecular flexibility index (Phi) is 20.4. The number of phenolic OH excluding ortho intramolecular Hbond substituents is 1. The average molecular weight is 911 g/mol. The van der Waals surface area contributed by atoms with Crippen molar-refractivity contribution in [3.05, 3.63) is 59.2 Å². The number of hydrogen-bond acceptors (Lipinski definition) is 5. The molecule has 3 N–H and O–H groups in total. The number of rotatable bonds is 23. The number of hydrogen-bond donors (Lipinski definition) is 3. The second-order valence-electron chi connectivity index (χ2n) is 17.5. The lowest BCUT2D eigenvalue weighted by molar-refractivity contribution is -0.284. The van der Waals surface area contributed by atoms with E-state index >= 15 is 0 Å². The number of carboxylic acid groups (broad SMARTS) is 1. The summed E-state index contributed by atoms with van der Waals surface area (Å²) in [4.78, 5) is 12.6. The maximum atomic E-state index is 13.0. The largest absolute Gasteiger partial charge is 0.616 e. The molecule has 0 spiro atoms. The minimum absolute atomic E-state index is 0.0195. The molecule has 14 heteroatoms. The molecular weight excluding hydrogens is 844 g/mol. The number of carbonyl (C=O) groups is 1. The number of aromatic hydroxyl groups is 1. The van der Waals surface area contributed by atoms with Gasteiger partial charge in [0.15, 0.2) is 0 Å². The van der Waals surface area contributed by atoms with Crippen molar-refractivity contribution in [3.8, 4) is 5.75 Å². The summed E-state index contributed by atoms with van der Waals surface area (Å²) in [6.45, 7) is 3.84. The molecular formula is C46H66Cl2F5NO5S. The zero-order valence-electron chi connectivity index (χ0n) is 35.1. The second-order valence-corrected chi connectivity index (χ2v) is 19.9. The highest BCUT2D eigenvalue weighted by Crippen LogP contribution is 2.62. The van der Waals surface area contributed by atoms with E-state index in [1.165, 1.54) is 11.1 Å². The fourth-order valence-electron chi connectivity index (χ4n) is 10.2. The molecule has 0 radical (unpaired) electrons. The molecule has 0 aliphatic heterocycles. The number of aliphatic carboxylic acids is 1. The Morgan fingerprint density at radius 3 is 2.15 bits per heavy atom. The van der Waals surface area contributed by atoms with Gasteiger partial charge in [-0.2, -0.15) is 22.0 Å². The Morgan fingerprint density at radius 1 is 0.883 bits per heavy atom. The molecule has 1 unspecified atom stereocenters. The molecule has 0 saturated heterocycles. The molecule has 0 amide bonds. The SMILES string of the molecule is C[C@]12CC[C@@H]3c4ccc(O)cc4C[C@@H](CCCCCCCCC[S+]([O-])CCCC(F)(F)C(F)(F)F)[C@H]3[C@@H]1CC[C@@H]2O.O=C(O)CCCc1ccc(N(CCCl)CCCl)cc1. The van der Waals surface area contributed by atoms with E-state index < -0.39 is 42.1 Å². The topological polar surface area (TPSA) is 104 Å². The molecule has 60 heavy (non-hydrogen) atoms. The highest BCUT2D eigenvalue weighted by molar-refractivity contribution is 7.91. The number of benzene rings is 2. The van der Waals surface area contributed by atoms with Gasteiger partial charge in [-0.15, -0.1) is 23.2 Å². The summed E-state index contributed by atoms with van der Waals surface area (Å²) in [5.41, 5.74) is 4.98. The molecule has 2 aromatic rings. The van der Waals surface area contributed by atoms with Crippen LogP contribution in [0.2, 0.25) is 0 Å². The molecule has 3 aliphatic rings. The van der Waals surface area contributed by atoms with Gasteiger partial charge < -0.3 is 24.8 Å². The molecule has 2 fully saturated rings. The van der Waals surface area contributed by atoms with Crippen LogP contribution in [-0.2, 0) is 28.8 Å². The van der Waals surface area contributed by atoms with Crippen molar-refractivity contribution in [2.45, 2.75) is 147 Å². The minimum Gasteiger partial charge on any atom is -0.616 e. The van der Waals surface area contributed by atoms with Gasteiger partial charge >= 0.3 is 18.1 Å². The van der Waals surface area contributed by atoms with Crippen molar-refractivity contribution in [2.24, 2.45) is 23.2 Å². The number of phenols is 1. The normalized spacial score (nSPS) is 24.1. The van der Waals surface area contributed by atoms with E-state index in [2.05, 4.69) is 17.9 Å². The van der Waals surface area contributed by atoms with Crippen LogP contribution in [-0.4, -0.2) is 80.4 Å². The highest BCUT2D eigenvalue weighted by atomic mass is 35.5. The van der Waals surface area contributed by atoms with E-state index in [0.717, 1.165) is 108 Å². The summed E-state index contributed by atoms with van der Waals surface area (Å²) < 4.78 is 74.5. The van der Waals surface area contributed by atoms with Crippen molar-refractivity contribution < 1.29 is 46.6 Å². The summed E-state index contributed by atoms with van der Waals surface area (Å²) in [5.74, 6) is -1.52. The minimum atomic E-state index is -5.54. The van der Waals surface area contributed by atoms with E-state index in [0.29, 0.717) is 59.8 Å². The fourth-order valence-corrected chi connectivity index (χ4v) is 11.8. The fraction of sp³-hybridized carbons (Fsp3) is 0.717. The van der Waals surface area contributed by atoms with Crippen molar-refractivity contribution >= 4 is 46.0 Å². The van der Waals surface area contributed by atoms with Crippen LogP contribution in [0.15, 0.2) is 42.5 Å². The summed E-state index contributed by atoms with van der Waals surface area (Å²) in [6.07, 6.45) is 7.65. The summed E-state index contributed by atoms with van der Waals surface area (Å²) in [7, 11) is 0. The van der Waals surface area contributed by atoms with Crippen molar-refractivity contribution in [1.82, 2.24) is 0 Å². The van der Waals surface area contributed by atoms with E-state index in [1.807, 2.05) is 36.4 Å². The van der Waals surface area contributed by atoms with Crippen molar-refractivity contribution in [2.75, 3.05) is 41.3 Å². The van der Waals surface area contributed by atoms with Crippen LogP contribution in [0.4, 0.5) is 27.6 Å². The number of aliphatic hydroxyl groups is 1. The Morgan fingerprint density at radius 2 is 1.52 bits per heavy atom. The molecule has 0 aromatic heterocycles. The van der Waals surface area contributed by atoms with Crippen LogP contribution in [0, 0.1) is 23.2 Å². The number of unbranched alkanes of at least 4 members (excludes halogenated alkanes) is 6. The van der Waals surface area contributed by atoms with Crippen molar-refractivity contribution in [3.63, 3.8) is 0 Å². The van der Waals surface area contributed by atoms with E-state index in [1.54, 1.807) is 0 Å². The Hall–Kier alpha value is -1.99. The van der Waals surface area contributed by atoms with Gasteiger partial charge in [0, 0.05) is 43.4 Å². The molecule has 0 bridgehead atoms. The molecule has 0 heterocycles. The number of nitrogens with zero attached hydrogens (tertiary/aromatic N) is 1. The third-order valence-electron chi connectivity index (χ3n) is 13.4. The first-order valence-corrected chi connectivity index (χ1v) is 24.5. The van der Waals surface area contributed by atoms with E-state index in [4.69, 9.17) is 28.3 Å². The number of alkyl halides is 7. The first kappa shape index (κ1) is 50.7. The Bertz CT molecular complexity index is 1580. The quantitative estimate of drug-likeness (QED) is 0.0444. The lowest BCUT2D eigenvalue weighted by Gasteiger charge is -2.53. The Labute approximate surface area is 367 Å². The third-order valence-corrected chi connectivity index (χ3v) is 15.3. The zero-order chi connectivity index (χ0) is 43.9. The van der Waals surface area contributed by atoms with Gasteiger partial charge in [-0.1, -0.05) is 68.4 Å². The summed E-state index contributed by atoms with van der Waals surface area (Å²) in [6, 6.07) is 14.1. The number of aryl methyl sites for hydroxylation is 1. The summed E-state index contributed by atoms with van der Waals surface area (Å²) >= 11 is 10.2. The number of anilines is 1. The lowest BCUT2D eigenvalue weighted by Crippen LogP contribution is -2.47. The first-order chi connectivity index (χ1) is 28.5. The summed E-state index contributed by atoms with van der Waals surface area (Å²) in [5, 5.41) is 29.6. The number of halogens is 7. The monoisotopic (exact) mass is 909 g/mol. The first-order valence-electron chi connectivity index (χ1n) is 22.0. The van der Waals surface area contributed by atoms with E-state index in [9.17, 15) is 41.5 Å². The highest BCUT2D eigenvalue weighted by Gasteiger charge is 2.57. The molecule has 2 aromatic carbocycles. The van der Waals surface area contributed by atoms with E-state index in [-0.39, 0.29) is 23.7 Å². The van der Waals surface area contributed by atoms with Crippen LogP contribution < -0.4 is 4.90 Å². The zero-order valence-corrected chi connectivity index (χ0v) is 37.4. The van der Waals surface area contributed by atoms with Crippen LogP contribution >= 0.6 is 23.2 Å². The van der Waals surface area contributed by atoms with Gasteiger partial charge in [0.1, 0.15) is 17.3 Å². The lowest BCUT2D eigenvalue weighted by atomic mass is 9.52. The maximum absolute atomic E-state index is 13.0. The maximum Gasteiger partial charge on any atom is 0.453 e. The third kappa shape index (κ3) is 14.5. The van der Waals surface area contributed by atoms with Gasteiger partial charge in [0.25, 0.3) is 0 Å². The van der Waals surface area contributed by atoms with Gasteiger partial charge in [-0.25, -0.2) is 0 Å². The molecule has 3 aliphatic carbocycles. The smallest absolute Gasteiger partial charge is 0.453 e. The predicted molar refractivity (Wildman–Crippen MR) is 233 cm³/mol. The molecule has 6 nitrogen and oxygen atoms in total. The van der Waals surface area contributed by atoms with Gasteiger partial charge in [0.2, 0.25) is 0 Å². The molecule has 2 saturated carbocycles. The van der Waals surface area contributed by atoms with Crippen LogP contribution in [0.1, 0.15) is 132 Å². The number of fused-ring (bicyclic) bond motifs is 5. The predicted octanol–water partition coefficient (Wildman–Crippen LogP) is 12.1. The van der Waals surface area contributed by atoms with Gasteiger partial charge in [-0.05, 0) is 141 Å².